The van der Waals surface area contributed by atoms with Crippen molar-refractivity contribution >= 4 is 17.6 Å². The average Bonchev–Trinajstić information content (AvgIpc) is 2.96. The Morgan fingerprint density at radius 1 is 1.30 bits per heavy atom. The van der Waals surface area contributed by atoms with E-state index in [2.05, 4.69) is 10.6 Å². The highest BCUT2D eigenvalue weighted by atomic mass is 16.5. The van der Waals surface area contributed by atoms with E-state index in [1.807, 2.05) is 38.1 Å². The number of hydrogen-bond donors (Lipinski definition) is 2. The van der Waals surface area contributed by atoms with Crippen molar-refractivity contribution in [1.82, 2.24) is 10.6 Å². The van der Waals surface area contributed by atoms with Crippen molar-refractivity contribution in [3.05, 3.63) is 29.8 Å². The second-order valence-electron chi connectivity index (χ2n) is 5.98. The van der Waals surface area contributed by atoms with Crippen molar-refractivity contribution in [2.24, 2.45) is 5.92 Å². The van der Waals surface area contributed by atoms with Gasteiger partial charge in [-0.25, -0.2) is 4.79 Å². The molecule has 0 saturated heterocycles. The van der Waals surface area contributed by atoms with Gasteiger partial charge in [-0.3, -0.25) is 4.79 Å². The van der Waals surface area contributed by atoms with E-state index >= 15 is 0 Å². The van der Waals surface area contributed by atoms with E-state index in [9.17, 15) is 9.59 Å². The number of para-hydroxylation sites is 1. The number of urea groups is 1. The fourth-order valence-electron chi connectivity index (χ4n) is 2.71. The molecule has 1 aromatic rings. The summed E-state index contributed by atoms with van der Waals surface area (Å²) in [6.07, 6.45) is 0.854. The molecule has 0 spiro atoms. The molecule has 0 aliphatic carbocycles. The van der Waals surface area contributed by atoms with Crippen LogP contribution in [0.4, 0.5) is 10.5 Å². The number of fused-ring (bicyclic) bond motifs is 1. The summed E-state index contributed by atoms with van der Waals surface area (Å²) < 4.78 is 4.89. The molecule has 2 rings (SSSR count). The predicted octanol–water partition coefficient (Wildman–Crippen LogP) is 1.55. The third-order valence-corrected chi connectivity index (χ3v) is 3.96. The molecule has 0 radical (unpaired) electrons. The molecule has 1 aliphatic heterocycles. The Bertz CT molecular complexity index is 560. The van der Waals surface area contributed by atoms with Crippen molar-refractivity contribution in [2.75, 3.05) is 31.7 Å². The van der Waals surface area contributed by atoms with Crippen LogP contribution in [-0.4, -0.2) is 44.8 Å². The van der Waals surface area contributed by atoms with Gasteiger partial charge in [-0.05, 0) is 24.0 Å². The molecular formula is C17H25N3O3. The van der Waals surface area contributed by atoms with E-state index in [1.54, 1.807) is 12.0 Å². The van der Waals surface area contributed by atoms with Crippen molar-refractivity contribution in [3.63, 3.8) is 0 Å². The van der Waals surface area contributed by atoms with E-state index in [-0.39, 0.29) is 17.9 Å². The summed E-state index contributed by atoms with van der Waals surface area (Å²) in [5.74, 6) is -0.0599. The Kier molecular flexibility index (Phi) is 5.98. The van der Waals surface area contributed by atoms with Crippen LogP contribution >= 0.6 is 0 Å². The van der Waals surface area contributed by atoms with E-state index in [0.717, 1.165) is 12.1 Å². The lowest BCUT2D eigenvalue weighted by molar-refractivity contribution is -0.121. The van der Waals surface area contributed by atoms with Crippen molar-refractivity contribution < 1.29 is 14.3 Å². The highest BCUT2D eigenvalue weighted by molar-refractivity contribution is 6.00. The zero-order valence-corrected chi connectivity index (χ0v) is 14.0. The normalized spacial score (nSPS) is 14.5. The van der Waals surface area contributed by atoms with Crippen LogP contribution in [0.2, 0.25) is 0 Å². The molecule has 3 amide bonds. The lowest BCUT2D eigenvalue weighted by Gasteiger charge is -2.27. The molecule has 6 heteroatoms. The number of nitrogens with zero attached hydrogens (tertiary/aromatic N) is 1. The lowest BCUT2D eigenvalue weighted by atomic mass is 10.0. The van der Waals surface area contributed by atoms with Crippen molar-refractivity contribution in [2.45, 2.75) is 26.3 Å². The maximum Gasteiger partial charge on any atom is 0.315 e. The molecule has 1 aromatic carbocycles. The van der Waals surface area contributed by atoms with E-state index in [0.29, 0.717) is 19.7 Å². The summed E-state index contributed by atoms with van der Waals surface area (Å²) in [5, 5.41) is 5.47. The molecule has 6 nitrogen and oxygen atoms in total. The number of nitrogens with one attached hydrogen (secondary N) is 2. The first-order valence-electron chi connectivity index (χ1n) is 7.97. The number of benzene rings is 1. The van der Waals surface area contributed by atoms with Gasteiger partial charge in [-0.1, -0.05) is 32.0 Å². The van der Waals surface area contributed by atoms with Gasteiger partial charge in [0.1, 0.15) is 6.04 Å². The minimum Gasteiger partial charge on any atom is -0.383 e. The molecule has 0 unspecified atom stereocenters. The number of carbonyl (C=O) groups excluding carboxylic acids is 2. The van der Waals surface area contributed by atoms with E-state index in [4.69, 9.17) is 4.74 Å². The summed E-state index contributed by atoms with van der Waals surface area (Å²) >= 11 is 0. The summed E-state index contributed by atoms with van der Waals surface area (Å²) in [4.78, 5) is 26.6. The fourth-order valence-corrected chi connectivity index (χ4v) is 2.71. The predicted molar refractivity (Wildman–Crippen MR) is 89.5 cm³/mol. The fraction of sp³-hybridized carbons (Fsp3) is 0.529. The van der Waals surface area contributed by atoms with Gasteiger partial charge in [0.2, 0.25) is 5.91 Å². The molecular weight excluding hydrogens is 294 g/mol. The third kappa shape index (κ3) is 4.22. The summed E-state index contributed by atoms with van der Waals surface area (Å²) in [5.41, 5.74) is 2.12. The van der Waals surface area contributed by atoms with Crippen LogP contribution in [-0.2, 0) is 16.0 Å². The second-order valence-corrected chi connectivity index (χ2v) is 5.98. The minimum atomic E-state index is -0.552. The number of amides is 3. The monoisotopic (exact) mass is 319 g/mol. The lowest BCUT2D eigenvalue weighted by Crippen LogP contribution is -2.53. The van der Waals surface area contributed by atoms with Gasteiger partial charge < -0.3 is 20.3 Å². The van der Waals surface area contributed by atoms with Gasteiger partial charge in [-0.15, -0.1) is 0 Å². The Balaban J connectivity index is 2.03. The van der Waals surface area contributed by atoms with Crippen LogP contribution in [0, 0.1) is 5.92 Å². The van der Waals surface area contributed by atoms with Gasteiger partial charge in [0, 0.05) is 25.9 Å². The second kappa shape index (κ2) is 7.97. The van der Waals surface area contributed by atoms with Crippen molar-refractivity contribution in [1.29, 1.82) is 0 Å². The highest BCUT2D eigenvalue weighted by Gasteiger charge is 2.32. The summed E-state index contributed by atoms with van der Waals surface area (Å²) in [6, 6.07) is 7.01. The van der Waals surface area contributed by atoms with Gasteiger partial charge in [0.15, 0.2) is 0 Å². The van der Waals surface area contributed by atoms with Crippen LogP contribution in [0.1, 0.15) is 19.4 Å². The molecule has 1 aliphatic rings. The first-order valence-corrected chi connectivity index (χ1v) is 7.97. The van der Waals surface area contributed by atoms with Gasteiger partial charge >= 0.3 is 6.03 Å². The molecule has 0 saturated carbocycles. The largest absolute Gasteiger partial charge is 0.383 e. The smallest absolute Gasteiger partial charge is 0.315 e. The Hall–Kier alpha value is -2.08. The molecule has 0 fully saturated rings. The molecule has 0 bridgehead atoms. The molecule has 0 aromatic heterocycles. The van der Waals surface area contributed by atoms with Crippen LogP contribution in [0.15, 0.2) is 24.3 Å². The topological polar surface area (TPSA) is 70.7 Å². The standard InChI is InChI=1S/C17H25N3O3/c1-12(2)15(19-17(22)18-9-11-23-3)16(21)20-10-8-13-6-4-5-7-14(13)20/h4-7,12,15H,8-11H2,1-3H3,(H2,18,19,22)/t15-/m1/s1. The molecule has 2 N–H and O–H groups in total. The first-order chi connectivity index (χ1) is 11.0. The number of rotatable bonds is 6. The van der Waals surface area contributed by atoms with Crippen LogP contribution in [0.25, 0.3) is 0 Å². The zero-order valence-electron chi connectivity index (χ0n) is 14.0. The number of ether oxygens (including phenoxy) is 1. The average molecular weight is 319 g/mol. The zero-order chi connectivity index (χ0) is 16.8. The number of hydrogen-bond acceptors (Lipinski definition) is 3. The Labute approximate surface area is 137 Å². The van der Waals surface area contributed by atoms with Gasteiger partial charge in [0.25, 0.3) is 0 Å². The molecule has 1 atom stereocenters. The van der Waals surface area contributed by atoms with Gasteiger partial charge in [0.05, 0.1) is 6.61 Å². The Morgan fingerprint density at radius 3 is 2.74 bits per heavy atom. The minimum absolute atomic E-state index is 0.00318. The van der Waals surface area contributed by atoms with Crippen LogP contribution in [0.5, 0.6) is 0 Å². The van der Waals surface area contributed by atoms with Gasteiger partial charge in [-0.2, -0.15) is 0 Å². The number of anilines is 1. The highest BCUT2D eigenvalue weighted by Crippen LogP contribution is 2.28. The quantitative estimate of drug-likeness (QED) is 0.782. The molecule has 1 heterocycles. The van der Waals surface area contributed by atoms with Crippen LogP contribution in [0.3, 0.4) is 0 Å². The summed E-state index contributed by atoms with van der Waals surface area (Å²) in [7, 11) is 1.57. The molecule has 126 valence electrons. The van der Waals surface area contributed by atoms with Crippen molar-refractivity contribution in [3.8, 4) is 0 Å². The van der Waals surface area contributed by atoms with E-state index < -0.39 is 6.04 Å². The Morgan fingerprint density at radius 2 is 2.04 bits per heavy atom. The molecule has 23 heavy (non-hydrogen) atoms. The number of carbonyl (C=O) groups is 2. The third-order valence-electron chi connectivity index (χ3n) is 3.96. The summed E-state index contributed by atoms with van der Waals surface area (Å²) in [6.45, 7) is 5.37. The maximum atomic E-state index is 12.9. The maximum absolute atomic E-state index is 12.9. The first kappa shape index (κ1) is 17.3. The van der Waals surface area contributed by atoms with E-state index in [1.165, 1.54) is 5.56 Å². The SMILES string of the molecule is COCCNC(=O)N[C@@H](C(=O)N1CCc2ccccc21)C(C)C. The van der Waals surface area contributed by atoms with Crippen LogP contribution < -0.4 is 15.5 Å². The number of methoxy groups -OCH3 is 1.